The van der Waals surface area contributed by atoms with Gasteiger partial charge in [-0.1, -0.05) is 88.6 Å². The third kappa shape index (κ3) is 5.44. The second kappa shape index (κ2) is 10.4. The topological polar surface area (TPSA) is 8.24 Å². The van der Waals surface area contributed by atoms with Crippen LogP contribution in [0, 0.1) is 38.2 Å². The summed E-state index contributed by atoms with van der Waals surface area (Å²) < 4.78 is 2.22. The van der Waals surface area contributed by atoms with E-state index in [2.05, 4.69) is 108 Å². The molecule has 0 bridgehead atoms. The normalized spacial score (nSPS) is 12.2. The molecule has 0 amide bonds. The highest BCUT2D eigenvalue weighted by Crippen LogP contribution is 2.35. The van der Waals surface area contributed by atoms with E-state index in [9.17, 15) is 0 Å². The molecule has 0 unspecified atom stereocenters. The van der Waals surface area contributed by atoms with Crippen LogP contribution in [-0.2, 0) is 7.05 Å². The fraction of sp³-hybridized carbons (Fsp3) is 0.484. The predicted octanol–water partition coefficient (Wildman–Crippen LogP) is 8.12. The fourth-order valence-corrected chi connectivity index (χ4v) is 12.9. The SMILES string of the molecule is [C-]#[N+]c1cc(C)c(C)c(-c2c3ccc([Si](CC(C)C)(CC(C)C)CC(C)C)cc3cc[n+]2C)c1. The predicted molar refractivity (Wildman–Crippen MR) is 151 cm³/mol. The van der Waals surface area contributed by atoms with Crippen molar-refractivity contribution in [1.82, 2.24) is 0 Å². The summed E-state index contributed by atoms with van der Waals surface area (Å²) in [6.07, 6.45) is 2.19. The van der Waals surface area contributed by atoms with Gasteiger partial charge in [0.15, 0.2) is 11.9 Å². The summed E-state index contributed by atoms with van der Waals surface area (Å²) in [5, 5.41) is 4.22. The number of hydrogen-bond acceptors (Lipinski definition) is 0. The van der Waals surface area contributed by atoms with Gasteiger partial charge in [-0.05, 0) is 54.7 Å². The molecule has 0 aliphatic carbocycles. The Morgan fingerprint density at radius 3 is 1.97 bits per heavy atom. The van der Waals surface area contributed by atoms with E-state index in [1.807, 2.05) is 6.07 Å². The van der Waals surface area contributed by atoms with Crippen LogP contribution in [-0.4, -0.2) is 8.07 Å². The maximum Gasteiger partial charge on any atom is 0.219 e. The van der Waals surface area contributed by atoms with Gasteiger partial charge in [0.05, 0.1) is 20.0 Å². The van der Waals surface area contributed by atoms with Crippen LogP contribution in [0.2, 0.25) is 18.1 Å². The van der Waals surface area contributed by atoms with Crippen LogP contribution in [0.5, 0.6) is 0 Å². The highest BCUT2D eigenvalue weighted by atomic mass is 28.3. The Kier molecular flexibility index (Phi) is 8.04. The Hall–Kier alpha value is -2.44. The zero-order chi connectivity index (χ0) is 25.2. The van der Waals surface area contributed by atoms with Crippen LogP contribution in [0.15, 0.2) is 42.6 Å². The third-order valence-electron chi connectivity index (χ3n) is 7.18. The van der Waals surface area contributed by atoms with Gasteiger partial charge in [0.1, 0.15) is 7.05 Å². The number of pyridine rings is 1. The second-order valence-corrected chi connectivity index (χ2v) is 16.1. The molecule has 2 aromatic carbocycles. The summed E-state index contributed by atoms with van der Waals surface area (Å²) in [7, 11) is 0.453. The number of fused-ring (bicyclic) bond motifs is 1. The number of aryl methyl sites for hydroxylation is 2. The second-order valence-electron chi connectivity index (χ2n) is 11.7. The van der Waals surface area contributed by atoms with Crippen LogP contribution in [0.3, 0.4) is 0 Å². The van der Waals surface area contributed by atoms with Gasteiger partial charge >= 0.3 is 0 Å². The van der Waals surface area contributed by atoms with E-state index in [0.29, 0.717) is 23.4 Å². The van der Waals surface area contributed by atoms with Gasteiger partial charge in [-0.2, -0.15) is 0 Å². The minimum Gasteiger partial charge on any atom is -0.238 e. The molecule has 0 N–H and O–H groups in total. The molecule has 34 heavy (non-hydrogen) atoms. The molecule has 2 nitrogen and oxygen atoms in total. The highest BCUT2D eigenvalue weighted by molar-refractivity contribution is 6.92. The largest absolute Gasteiger partial charge is 0.238 e. The maximum absolute atomic E-state index is 7.57. The first-order valence-corrected chi connectivity index (χ1v) is 15.5. The van der Waals surface area contributed by atoms with Crippen molar-refractivity contribution in [2.45, 2.75) is 73.5 Å². The first-order valence-electron chi connectivity index (χ1n) is 12.9. The molecule has 0 spiro atoms. The lowest BCUT2D eigenvalue weighted by atomic mass is 9.96. The van der Waals surface area contributed by atoms with Crippen LogP contribution in [0.4, 0.5) is 5.69 Å². The molecule has 1 heterocycles. The summed E-state index contributed by atoms with van der Waals surface area (Å²) in [6.45, 7) is 26.3. The smallest absolute Gasteiger partial charge is 0.219 e. The number of hydrogen-bond donors (Lipinski definition) is 0. The molecule has 3 heteroatoms. The molecule has 0 fully saturated rings. The first-order chi connectivity index (χ1) is 16.0. The van der Waals surface area contributed by atoms with E-state index in [0.717, 1.165) is 0 Å². The Morgan fingerprint density at radius 2 is 1.44 bits per heavy atom. The van der Waals surface area contributed by atoms with E-state index < -0.39 is 8.07 Å². The van der Waals surface area contributed by atoms with Gasteiger partial charge in [-0.25, -0.2) is 9.41 Å². The Labute approximate surface area is 208 Å². The quantitative estimate of drug-likeness (QED) is 0.178. The highest BCUT2D eigenvalue weighted by Gasteiger charge is 2.37. The van der Waals surface area contributed by atoms with Gasteiger partial charge in [-0.3, -0.25) is 0 Å². The summed E-state index contributed by atoms with van der Waals surface area (Å²) in [4.78, 5) is 3.74. The molecular weight excluding hydrogens is 428 g/mol. The molecule has 180 valence electrons. The summed E-state index contributed by atoms with van der Waals surface area (Å²) >= 11 is 0. The standard InChI is InChI=1S/C31H43N2Si/c1-21(2)18-34(19-22(3)4,20-23(5)6)28-11-12-29-26(16-28)13-14-33(10)31(29)30-17-27(32-9)15-24(7)25(30)8/h11-17,21-23H,18-20H2,1-8,10H3/q+1. The summed E-state index contributed by atoms with van der Waals surface area (Å²) in [5.41, 5.74) is 5.52. The summed E-state index contributed by atoms with van der Waals surface area (Å²) in [6, 6.07) is 17.8. The van der Waals surface area contributed by atoms with Crippen molar-refractivity contribution in [3.8, 4) is 11.3 Å². The fourth-order valence-electron chi connectivity index (χ4n) is 6.14. The average Bonchev–Trinajstić information content (AvgIpc) is 2.74. The Bertz CT molecular complexity index is 1190. The molecule has 1 aromatic heterocycles. The number of aromatic nitrogens is 1. The van der Waals surface area contributed by atoms with Crippen LogP contribution < -0.4 is 9.75 Å². The van der Waals surface area contributed by atoms with Gasteiger partial charge in [-0.15, -0.1) is 0 Å². The molecule has 3 aromatic rings. The van der Waals surface area contributed by atoms with Gasteiger partial charge in [0.25, 0.3) is 0 Å². The maximum atomic E-state index is 7.57. The lowest BCUT2D eigenvalue weighted by molar-refractivity contribution is -0.659. The van der Waals surface area contributed by atoms with Gasteiger partial charge in [0.2, 0.25) is 5.69 Å². The minimum absolute atomic E-state index is 0.712. The zero-order valence-corrected chi connectivity index (χ0v) is 23.8. The van der Waals surface area contributed by atoms with Crippen molar-refractivity contribution in [2.75, 3.05) is 0 Å². The van der Waals surface area contributed by atoms with Crippen molar-refractivity contribution in [2.24, 2.45) is 24.8 Å². The van der Waals surface area contributed by atoms with Gasteiger partial charge in [0, 0.05) is 11.6 Å². The Balaban J connectivity index is 2.28. The zero-order valence-electron chi connectivity index (χ0n) is 22.8. The average molecular weight is 472 g/mol. The number of nitrogens with zero attached hydrogens (tertiary/aromatic N) is 2. The lowest BCUT2D eigenvalue weighted by Crippen LogP contribution is -2.50. The molecular formula is C31H43N2Si+. The van der Waals surface area contributed by atoms with E-state index in [4.69, 9.17) is 6.57 Å². The molecule has 0 saturated heterocycles. The van der Waals surface area contributed by atoms with Gasteiger partial charge < -0.3 is 0 Å². The third-order valence-corrected chi connectivity index (χ3v) is 13.5. The van der Waals surface area contributed by atoms with E-state index in [1.165, 1.54) is 51.3 Å². The Morgan fingerprint density at radius 1 is 0.853 bits per heavy atom. The lowest BCUT2D eigenvalue weighted by Gasteiger charge is -2.37. The number of benzene rings is 2. The minimum atomic E-state index is -1.67. The molecule has 0 radical (unpaired) electrons. The van der Waals surface area contributed by atoms with Crippen LogP contribution >= 0.6 is 0 Å². The molecule has 3 rings (SSSR count). The van der Waals surface area contributed by atoms with Crippen molar-refractivity contribution in [3.05, 3.63) is 65.1 Å². The first kappa shape index (κ1) is 26.2. The van der Waals surface area contributed by atoms with Crippen molar-refractivity contribution in [3.63, 3.8) is 0 Å². The van der Waals surface area contributed by atoms with E-state index >= 15 is 0 Å². The van der Waals surface area contributed by atoms with Crippen LogP contribution in [0.1, 0.15) is 52.7 Å². The summed E-state index contributed by atoms with van der Waals surface area (Å²) in [5.74, 6) is 2.14. The van der Waals surface area contributed by atoms with E-state index in [1.54, 1.807) is 5.19 Å². The van der Waals surface area contributed by atoms with E-state index in [-0.39, 0.29) is 0 Å². The van der Waals surface area contributed by atoms with Crippen molar-refractivity contribution >= 4 is 29.7 Å². The number of rotatable bonds is 8. The van der Waals surface area contributed by atoms with Crippen LogP contribution in [0.25, 0.3) is 26.9 Å². The molecule has 0 aliphatic heterocycles. The molecule has 0 saturated carbocycles. The van der Waals surface area contributed by atoms with Crippen molar-refractivity contribution < 1.29 is 4.57 Å². The monoisotopic (exact) mass is 471 g/mol. The molecule has 0 aliphatic rings. The van der Waals surface area contributed by atoms with Crippen molar-refractivity contribution in [1.29, 1.82) is 0 Å². The molecule has 0 atom stereocenters.